The van der Waals surface area contributed by atoms with Crippen molar-refractivity contribution in [3.8, 4) is 0 Å². The highest BCUT2D eigenvalue weighted by molar-refractivity contribution is 7.98. The SMILES string of the molecule is CSc1cccc(N(CC(F)(F)F)C2CC2)c1C(N)=S. The molecule has 2 nitrogen and oxygen atoms in total. The number of thiocarbonyl (C=S) groups is 1. The predicted molar refractivity (Wildman–Crippen MR) is 80.5 cm³/mol. The fourth-order valence-corrected chi connectivity index (χ4v) is 3.08. The minimum Gasteiger partial charge on any atom is -0.389 e. The number of benzene rings is 1. The Morgan fingerprint density at radius 3 is 2.55 bits per heavy atom. The van der Waals surface area contributed by atoms with Gasteiger partial charge in [-0.1, -0.05) is 18.3 Å². The topological polar surface area (TPSA) is 29.3 Å². The van der Waals surface area contributed by atoms with Crippen LogP contribution in [0.4, 0.5) is 18.9 Å². The van der Waals surface area contributed by atoms with E-state index in [1.807, 2.05) is 12.3 Å². The summed E-state index contributed by atoms with van der Waals surface area (Å²) in [4.78, 5) is 2.33. The van der Waals surface area contributed by atoms with Gasteiger partial charge in [-0.15, -0.1) is 11.8 Å². The second-order valence-corrected chi connectivity index (χ2v) is 5.98. The fraction of sp³-hybridized carbons (Fsp3) is 0.462. The van der Waals surface area contributed by atoms with Gasteiger partial charge < -0.3 is 10.6 Å². The van der Waals surface area contributed by atoms with Gasteiger partial charge in [-0.3, -0.25) is 0 Å². The zero-order valence-electron chi connectivity index (χ0n) is 10.9. The predicted octanol–water partition coefficient (Wildman–Crippen LogP) is 3.57. The lowest BCUT2D eigenvalue weighted by Crippen LogP contribution is -2.37. The van der Waals surface area contributed by atoms with Gasteiger partial charge in [0.25, 0.3) is 0 Å². The second-order valence-electron chi connectivity index (χ2n) is 4.69. The molecule has 0 aromatic heterocycles. The summed E-state index contributed by atoms with van der Waals surface area (Å²) in [6, 6.07) is 5.16. The first-order valence-electron chi connectivity index (χ1n) is 6.13. The molecule has 7 heteroatoms. The van der Waals surface area contributed by atoms with E-state index in [1.54, 1.807) is 12.1 Å². The number of alkyl halides is 3. The van der Waals surface area contributed by atoms with E-state index in [9.17, 15) is 13.2 Å². The van der Waals surface area contributed by atoms with Gasteiger partial charge in [-0.2, -0.15) is 13.2 Å². The molecule has 0 aliphatic heterocycles. The molecule has 2 N–H and O–H groups in total. The molecule has 0 saturated heterocycles. The van der Waals surface area contributed by atoms with Crippen molar-refractivity contribution in [1.29, 1.82) is 0 Å². The number of nitrogens with two attached hydrogens (primary N) is 1. The van der Waals surface area contributed by atoms with E-state index in [1.165, 1.54) is 16.7 Å². The largest absolute Gasteiger partial charge is 0.405 e. The molecule has 0 radical (unpaired) electrons. The molecular formula is C13H15F3N2S2. The van der Waals surface area contributed by atoms with Crippen molar-refractivity contribution >= 4 is 34.7 Å². The van der Waals surface area contributed by atoms with E-state index in [-0.39, 0.29) is 11.0 Å². The molecule has 1 aromatic rings. The summed E-state index contributed by atoms with van der Waals surface area (Å²) in [7, 11) is 0. The lowest BCUT2D eigenvalue weighted by molar-refractivity contribution is -0.120. The van der Waals surface area contributed by atoms with E-state index in [4.69, 9.17) is 18.0 Å². The van der Waals surface area contributed by atoms with Gasteiger partial charge in [0.15, 0.2) is 0 Å². The summed E-state index contributed by atoms with van der Waals surface area (Å²) in [5.74, 6) is 0. The highest BCUT2D eigenvalue weighted by Crippen LogP contribution is 2.38. The number of hydrogen-bond acceptors (Lipinski definition) is 3. The van der Waals surface area contributed by atoms with Crippen molar-refractivity contribution in [2.75, 3.05) is 17.7 Å². The van der Waals surface area contributed by atoms with E-state index in [2.05, 4.69) is 0 Å². The van der Waals surface area contributed by atoms with Crippen LogP contribution in [0.1, 0.15) is 18.4 Å². The van der Waals surface area contributed by atoms with Crippen molar-refractivity contribution in [3.05, 3.63) is 23.8 Å². The van der Waals surface area contributed by atoms with E-state index < -0.39 is 12.7 Å². The number of hydrogen-bond donors (Lipinski definition) is 1. The third-order valence-corrected chi connectivity index (χ3v) is 4.10. The third kappa shape index (κ3) is 3.58. The summed E-state index contributed by atoms with van der Waals surface area (Å²) in [6.07, 6.45) is -0.843. The zero-order valence-corrected chi connectivity index (χ0v) is 12.5. The average Bonchev–Trinajstić information content (AvgIpc) is 3.18. The number of halogens is 3. The summed E-state index contributed by atoms with van der Waals surface area (Å²) < 4.78 is 38.4. The lowest BCUT2D eigenvalue weighted by atomic mass is 10.1. The summed E-state index contributed by atoms with van der Waals surface area (Å²) >= 11 is 6.46. The van der Waals surface area contributed by atoms with Crippen molar-refractivity contribution in [3.63, 3.8) is 0 Å². The minimum atomic E-state index is -4.24. The van der Waals surface area contributed by atoms with Gasteiger partial charge >= 0.3 is 6.18 Å². The Morgan fingerprint density at radius 2 is 2.10 bits per heavy atom. The summed E-state index contributed by atoms with van der Waals surface area (Å²) in [5.41, 5.74) is 6.76. The van der Waals surface area contributed by atoms with Crippen LogP contribution < -0.4 is 10.6 Å². The van der Waals surface area contributed by atoms with Gasteiger partial charge in [0, 0.05) is 22.2 Å². The first-order valence-corrected chi connectivity index (χ1v) is 7.77. The van der Waals surface area contributed by atoms with Crippen LogP contribution in [0.3, 0.4) is 0 Å². The maximum atomic E-state index is 12.8. The molecule has 0 bridgehead atoms. The fourth-order valence-electron chi connectivity index (χ4n) is 2.17. The first-order chi connectivity index (χ1) is 9.33. The Labute approximate surface area is 125 Å². The smallest absolute Gasteiger partial charge is 0.389 e. The van der Waals surface area contributed by atoms with Crippen LogP contribution in [-0.2, 0) is 0 Å². The molecule has 1 saturated carbocycles. The van der Waals surface area contributed by atoms with Gasteiger partial charge in [0.1, 0.15) is 11.5 Å². The Balaban J connectivity index is 2.45. The van der Waals surface area contributed by atoms with Gasteiger partial charge in [-0.25, -0.2) is 0 Å². The van der Waals surface area contributed by atoms with Crippen LogP contribution in [0.2, 0.25) is 0 Å². The lowest BCUT2D eigenvalue weighted by Gasteiger charge is -2.28. The maximum Gasteiger partial charge on any atom is 0.405 e. The molecule has 20 heavy (non-hydrogen) atoms. The molecule has 0 spiro atoms. The molecule has 0 amide bonds. The number of nitrogens with zero attached hydrogens (tertiary/aromatic N) is 1. The summed E-state index contributed by atoms with van der Waals surface area (Å²) in [5, 5.41) is 0. The van der Waals surface area contributed by atoms with Gasteiger partial charge in [0.05, 0.1) is 0 Å². The highest BCUT2D eigenvalue weighted by Gasteiger charge is 2.39. The molecular weight excluding hydrogens is 305 g/mol. The van der Waals surface area contributed by atoms with E-state index in [0.29, 0.717) is 11.3 Å². The van der Waals surface area contributed by atoms with Crippen molar-refractivity contribution in [2.24, 2.45) is 5.73 Å². The molecule has 0 unspecified atom stereocenters. The molecule has 1 aromatic carbocycles. The van der Waals surface area contributed by atoms with E-state index in [0.717, 1.165) is 17.7 Å². The second kappa shape index (κ2) is 5.81. The van der Waals surface area contributed by atoms with Gasteiger partial charge in [0.2, 0.25) is 0 Å². The summed E-state index contributed by atoms with van der Waals surface area (Å²) in [6.45, 7) is -0.967. The molecule has 1 aliphatic rings. The highest BCUT2D eigenvalue weighted by atomic mass is 32.2. The van der Waals surface area contributed by atoms with Crippen LogP contribution in [0.15, 0.2) is 23.1 Å². The van der Waals surface area contributed by atoms with Crippen LogP contribution >= 0.6 is 24.0 Å². The first kappa shape index (κ1) is 15.4. The van der Waals surface area contributed by atoms with Crippen LogP contribution in [0, 0.1) is 0 Å². The minimum absolute atomic E-state index is 0.0677. The monoisotopic (exact) mass is 320 g/mol. The Hall–Kier alpha value is -0.950. The number of anilines is 1. The quantitative estimate of drug-likeness (QED) is 0.663. The standard InChI is InChI=1S/C13H15F3N2S2/c1-20-10-4-2-3-9(11(10)12(17)19)18(8-5-6-8)7-13(14,15)16/h2-4,8H,5-7H2,1H3,(H2,17,19). The average molecular weight is 320 g/mol. The maximum absolute atomic E-state index is 12.8. The van der Waals surface area contributed by atoms with Crippen LogP contribution in [0.5, 0.6) is 0 Å². The zero-order chi connectivity index (χ0) is 14.9. The molecule has 0 atom stereocenters. The van der Waals surface area contributed by atoms with Crippen molar-refractivity contribution in [1.82, 2.24) is 0 Å². The Morgan fingerprint density at radius 1 is 1.45 bits per heavy atom. The van der Waals surface area contributed by atoms with Gasteiger partial charge in [-0.05, 0) is 31.2 Å². The number of rotatable bonds is 5. The molecule has 0 heterocycles. The Kier molecular flexibility index (Phi) is 4.49. The third-order valence-electron chi connectivity index (χ3n) is 3.12. The molecule has 2 rings (SSSR count). The molecule has 1 fully saturated rings. The number of thioether (sulfide) groups is 1. The van der Waals surface area contributed by atoms with Crippen molar-refractivity contribution in [2.45, 2.75) is 30.0 Å². The molecule has 1 aliphatic carbocycles. The van der Waals surface area contributed by atoms with Crippen molar-refractivity contribution < 1.29 is 13.2 Å². The van der Waals surface area contributed by atoms with Crippen LogP contribution in [0.25, 0.3) is 0 Å². The Bertz CT molecular complexity index is 513. The van der Waals surface area contributed by atoms with E-state index >= 15 is 0 Å². The molecule has 110 valence electrons. The van der Waals surface area contributed by atoms with Crippen LogP contribution in [-0.4, -0.2) is 30.0 Å². The normalized spacial score (nSPS) is 15.2.